The number of nitrogens with one attached hydrogen (secondary N) is 1. The summed E-state index contributed by atoms with van der Waals surface area (Å²) in [5.41, 5.74) is 7.40. The third-order valence-corrected chi connectivity index (χ3v) is 2.79. The van der Waals surface area contributed by atoms with E-state index in [-0.39, 0.29) is 5.91 Å². The summed E-state index contributed by atoms with van der Waals surface area (Å²) in [4.78, 5) is 11.9. The molecule has 1 amide bonds. The summed E-state index contributed by atoms with van der Waals surface area (Å²) in [5, 5.41) is 6.97. The molecule has 5 nitrogen and oxygen atoms in total. The lowest BCUT2D eigenvalue weighted by atomic mass is 10.1. The largest absolute Gasteiger partial charge is 0.395 e. The summed E-state index contributed by atoms with van der Waals surface area (Å²) in [6, 6.07) is 0. The molecule has 0 aliphatic carbocycles. The predicted molar refractivity (Wildman–Crippen MR) is 64.1 cm³/mol. The van der Waals surface area contributed by atoms with Crippen LogP contribution in [0, 0.1) is 12.8 Å². The molecule has 1 atom stereocenters. The van der Waals surface area contributed by atoms with E-state index < -0.39 is 0 Å². The molecule has 0 bridgehead atoms. The van der Waals surface area contributed by atoms with E-state index in [1.807, 2.05) is 0 Å². The summed E-state index contributed by atoms with van der Waals surface area (Å²) in [6.07, 6.45) is 1.04. The smallest absolute Gasteiger partial charge is 0.271 e. The SMILES string of the molecule is CCC(C)CNC(=O)c1c(N)c(C)nn1C. The number of nitrogen functional groups attached to an aromatic ring is 1. The normalized spacial score (nSPS) is 12.5. The second kappa shape index (κ2) is 5.01. The van der Waals surface area contributed by atoms with Crippen molar-refractivity contribution in [3.8, 4) is 0 Å². The van der Waals surface area contributed by atoms with Crippen LogP contribution in [-0.2, 0) is 7.05 Å². The lowest BCUT2D eigenvalue weighted by Crippen LogP contribution is -2.30. The number of hydrogen-bond acceptors (Lipinski definition) is 3. The van der Waals surface area contributed by atoms with Gasteiger partial charge in [0.1, 0.15) is 5.69 Å². The average Bonchev–Trinajstić information content (AvgIpc) is 2.49. The average molecular weight is 224 g/mol. The van der Waals surface area contributed by atoms with Crippen LogP contribution in [0.1, 0.15) is 36.5 Å². The molecule has 1 aromatic rings. The number of rotatable bonds is 4. The van der Waals surface area contributed by atoms with Gasteiger partial charge in [0, 0.05) is 13.6 Å². The van der Waals surface area contributed by atoms with Gasteiger partial charge >= 0.3 is 0 Å². The minimum atomic E-state index is -0.152. The zero-order valence-electron chi connectivity index (χ0n) is 10.4. The fourth-order valence-electron chi connectivity index (χ4n) is 1.44. The van der Waals surface area contributed by atoms with Crippen molar-refractivity contribution in [2.45, 2.75) is 27.2 Å². The fraction of sp³-hybridized carbons (Fsp3) is 0.636. The van der Waals surface area contributed by atoms with Crippen LogP contribution in [0.15, 0.2) is 0 Å². The van der Waals surface area contributed by atoms with Crippen LogP contribution in [0.2, 0.25) is 0 Å². The van der Waals surface area contributed by atoms with Gasteiger partial charge < -0.3 is 11.1 Å². The minimum absolute atomic E-state index is 0.152. The number of aromatic nitrogens is 2. The van der Waals surface area contributed by atoms with Gasteiger partial charge in [0.2, 0.25) is 0 Å². The van der Waals surface area contributed by atoms with Crippen LogP contribution in [0.4, 0.5) is 5.69 Å². The highest BCUT2D eigenvalue weighted by Crippen LogP contribution is 2.14. The maximum atomic E-state index is 11.9. The van der Waals surface area contributed by atoms with Crippen LogP contribution >= 0.6 is 0 Å². The second-order valence-corrected chi connectivity index (χ2v) is 4.19. The van der Waals surface area contributed by atoms with E-state index in [4.69, 9.17) is 5.73 Å². The van der Waals surface area contributed by atoms with Crippen LogP contribution in [0.3, 0.4) is 0 Å². The first-order chi connectivity index (χ1) is 7.47. The highest BCUT2D eigenvalue weighted by molar-refractivity contribution is 5.97. The predicted octanol–water partition coefficient (Wildman–Crippen LogP) is 1.09. The van der Waals surface area contributed by atoms with Gasteiger partial charge in [-0.1, -0.05) is 20.3 Å². The van der Waals surface area contributed by atoms with Crippen molar-refractivity contribution < 1.29 is 4.79 Å². The number of amides is 1. The maximum Gasteiger partial charge on any atom is 0.271 e. The van der Waals surface area contributed by atoms with Gasteiger partial charge in [0.25, 0.3) is 5.91 Å². The van der Waals surface area contributed by atoms with Gasteiger partial charge in [0.05, 0.1) is 11.4 Å². The molecule has 0 aliphatic rings. The number of nitrogens with zero attached hydrogens (tertiary/aromatic N) is 2. The number of aryl methyl sites for hydroxylation is 2. The summed E-state index contributed by atoms with van der Waals surface area (Å²) < 4.78 is 1.52. The van der Waals surface area contributed by atoms with Crippen LogP contribution in [0.25, 0.3) is 0 Å². The molecule has 90 valence electrons. The van der Waals surface area contributed by atoms with E-state index in [9.17, 15) is 4.79 Å². The van der Waals surface area contributed by atoms with E-state index in [1.165, 1.54) is 4.68 Å². The van der Waals surface area contributed by atoms with Gasteiger partial charge in [-0.25, -0.2) is 0 Å². The van der Waals surface area contributed by atoms with Crippen molar-refractivity contribution >= 4 is 11.6 Å². The molecule has 3 N–H and O–H groups in total. The third kappa shape index (κ3) is 2.53. The molecule has 0 fully saturated rings. The molecule has 5 heteroatoms. The topological polar surface area (TPSA) is 72.9 Å². The van der Waals surface area contributed by atoms with Gasteiger partial charge in [-0.2, -0.15) is 5.10 Å². The van der Waals surface area contributed by atoms with Gasteiger partial charge in [-0.3, -0.25) is 9.48 Å². The molecule has 0 saturated carbocycles. The molecule has 0 saturated heterocycles. The fourth-order valence-corrected chi connectivity index (χ4v) is 1.44. The van der Waals surface area contributed by atoms with E-state index in [0.717, 1.165) is 6.42 Å². The monoisotopic (exact) mass is 224 g/mol. The number of nitrogens with two attached hydrogens (primary N) is 1. The Labute approximate surface area is 96.0 Å². The summed E-state index contributed by atoms with van der Waals surface area (Å²) >= 11 is 0. The van der Waals surface area contributed by atoms with E-state index >= 15 is 0 Å². The molecule has 1 rings (SSSR count). The van der Waals surface area contributed by atoms with Crippen molar-refractivity contribution in [3.63, 3.8) is 0 Å². The highest BCUT2D eigenvalue weighted by Gasteiger charge is 2.17. The molecule has 0 spiro atoms. The Morgan fingerprint density at radius 3 is 2.69 bits per heavy atom. The first kappa shape index (κ1) is 12.5. The number of hydrogen-bond donors (Lipinski definition) is 2. The Bertz CT molecular complexity index is 384. The summed E-state index contributed by atoms with van der Waals surface area (Å²) in [5.74, 6) is 0.320. The van der Waals surface area contributed by atoms with E-state index in [0.29, 0.717) is 29.5 Å². The lowest BCUT2D eigenvalue weighted by Gasteiger charge is -2.10. The quantitative estimate of drug-likeness (QED) is 0.804. The third-order valence-electron chi connectivity index (χ3n) is 2.79. The minimum Gasteiger partial charge on any atom is -0.395 e. The van der Waals surface area contributed by atoms with Crippen molar-refractivity contribution in [3.05, 3.63) is 11.4 Å². The van der Waals surface area contributed by atoms with Crippen molar-refractivity contribution in [2.75, 3.05) is 12.3 Å². The molecule has 16 heavy (non-hydrogen) atoms. The molecule has 0 aromatic carbocycles. The van der Waals surface area contributed by atoms with Gasteiger partial charge in [-0.15, -0.1) is 0 Å². The molecule has 1 aromatic heterocycles. The first-order valence-corrected chi connectivity index (χ1v) is 5.54. The zero-order chi connectivity index (χ0) is 12.3. The van der Waals surface area contributed by atoms with Crippen molar-refractivity contribution in [1.29, 1.82) is 0 Å². The Morgan fingerprint density at radius 1 is 1.62 bits per heavy atom. The van der Waals surface area contributed by atoms with Gasteiger partial charge in [-0.05, 0) is 12.8 Å². The maximum absolute atomic E-state index is 11.9. The molecular formula is C11H20N4O. The standard InChI is InChI=1S/C11H20N4O/c1-5-7(2)6-13-11(16)10-9(12)8(3)14-15(10)4/h7H,5-6,12H2,1-4H3,(H,13,16). The molecule has 0 radical (unpaired) electrons. The van der Waals surface area contributed by atoms with Crippen LogP contribution in [-0.4, -0.2) is 22.2 Å². The Morgan fingerprint density at radius 2 is 2.25 bits per heavy atom. The van der Waals surface area contributed by atoms with Gasteiger partial charge in [0.15, 0.2) is 0 Å². The van der Waals surface area contributed by atoms with E-state index in [2.05, 4.69) is 24.3 Å². The Kier molecular flexibility index (Phi) is 3.93. The second-order valence-electron chi connectivity index (χ2n) is 4.19. The Hall–Kier alpha value is -1.52. The van der Waals surface area contributed by atoms with Crippen molar-refractivity contribution in [2.24, 2.45) is 13.0 Å². The molecule has 1 unspecified atom stereocenters. The number of carbonyl (C=O) groups excluding carboxylic acids is 1. The molecular weight excluding hydrogens is 204 g/mol. The van der Waals surface area contributed by atoms with Crippen LogP contribution < -0.4 is 11.1 Å². The zero-order valence-corrected chi connectivity index (χ0v) is 10.4. The number of carbonyl (C=O) groups is 1. The summed E-state index contributed by atoms with van der Waals surface area (Å²) in [7, 11) is 1.72. The molecule has 1 heterocycles. The van der Waals surface area contributed by atoms with E-state index in [1.54, 1.807) is 14.0 Å². The Balaban J connectivity index is 2.73. The van der Waals surface area contributed by atoms with Crippen LogP contribution in [0.5, 0.6) is 0 Å². The number of anilines is 1. The molecule has 0 aliphatic heterocycles. The first-order valence-electron chi connectivity index (χ1n) is 5.54. The highest BCUT2D eigenvalue weighted by atomic mass is 16.2. The van der Waals surface area contributed by atoms with Crippen molar-refractivity contribution in [1.82, 2.24) is 15.1 Å². The summed E-state index contributed by atoms with van der Waals surface area (Å²) in [6.45, 7) is 6.65. The lowest BCUT2D eigenvalue weighted by molar-refractivity contribution is 0.0939.